The second kappa shape index (κ2) is 6.80. The number of aromatic hydroxyl groups is 1. The largest absolute Gasteiger partial charge is 0.507 e. The summed E-state index contributed by atoms with van der Waals surface area (Å²) in [6, 6.07) is 8.99. The molecule has 122 valence electrons. The average molecular weight is 314 g/mol. The fraction of sp³-hybridized carbons (Fsp3) is 0.375. The minimum absolute atomic E-state index is 0.185. The molecule has 0 aliphatic carbocycles. The number of hydrogen-bond donors (Lipinski definition) is 3. The lowest BCUT2D eigenvalue weighted by atomic mass is 10.1. The van der Waals surface area contributed by atoms with Crippen LogP contribution in [0.4, 0.5) is 11.5 Å². The van der Waals surface area contributed by atoms with Gasteiger partial charge in [-0.05, 0) is 18.2 Å². The summed E-state index contributed by atoms with van der Waals surface area (Å²) in [5, 5.41) is 18.2. The molecule has 0 saturated carbocycles. The molecule has 23 heavy (non-hydrogen) atoms. The Kier molecular flexibility index (Phi) is 4.59. The van der Waals surface area contributed by atoms with Gasteiger partial charge in [0.25, 0.3) is 0 Å². The summed E-state index contributed by atoms with van der Waals surface area (Å²) in [4.78, 5) is 4.55. The molecule has 0 bridgehead atoms. The Balaban J connectivity index is 1.83. The van der Waals surface area contributed by atoms with Gasteiger partial charge in [-0.15, -0.1) is 10.2 Å². The summed E-state index contributed by atoms with van der Waals surface area (Å²) in [5.41, 5.74) is 13.8. The van der Waals surface area contributed by atoms with Crippen molar-refractivity contribution < 1.29 is 5.11 Å². The van der Waals surface area contributed by atoms with E-state index in [1.807, 2.05) is 18.2 Å². The number of phenolic OH excluding ortho intramolecular Hbond substituents is 1. The molecule has 1 saturated heterocycles. The number of para-hydroxylation sites is 1. The zero-order chi connectivity index (χ0) is 16.2. The third-order valence-corrected chi connectivity index (χ3v) is 4.14. The van der Waals surface area contributed by atoms with E-state index in [1.54, 1.807) is 12.1 Å². The standard InChI is InChI=1S/C16H22N6O/c17-5-6-21-7-9-22(10-8-21)14-11-13(19-20-16(14)18)12-3-1-2-4-15(12)23/h1-4,11,23H,5-10,17H2,(H2,18,20). The molecule has 7 nitrogen and oxygen atoms in total. The van der Waals surface area contributed by atoms with Crippen LogP contribution in [0.1, 0.15) is 0 Å². The summed E-state index contributed by atoms with van der Waals surface area (Å²) in [5.74, 6) is 0.599. The predicted octanol–water partition coefficient (Wildman–Crippen LogP) is 0.512. The Labute approximate surface area is 135 Å². The van der Waals surface area contributed by atoms with E-state index in [0.717, 1.165) is 38.4 Å². The van der Waals surface area contributed by atoms with Crippen LogP contribution in [0.3, 0.4) is 0 Å². The lowest BCUT2D eigenvalue weighted by Gasteiger charge is -2.36. The smallest absolute Gasteiger partial charge is 0.169 e. The van der Waals surface area contributed by atoms with Gasteiger partial charge in [0.05, 0.1) is 11.4 Å². The maximum atomic E-state index is 10.00. The third-order valence-electron chi connectivity index (χ3n) is 4.14. The van der Waals surface area contributed by atoms with Gasteiger partial charge < -0.3 is 21.5 Å². The minimum Gasteiger partial charge on any atom is -0.507 e. The topological polar surface area (TPSA) is 105 Å². The summed E-state index contributed by atoms with van der Waals surface area (Å²) in [6.07, 6.45) is 0. The number of aromatic nitrogens is 2. The summed E-state index contributed by atoms with van der Waals surface area (Å²) < 4.78 is 0. The molecular formula is C16H22N6O. The first-order valence-corrected chi connectivity index (χ1v) is 7.78. The Morgan fingerprint density at radius 3 is 2.52 bits per heavy atom. The van der Waals surface area contributed by atoms with Gasteiger partial charge in [-0.1, -0.05) is 12.1 Å². The number of nitrogens with zero attached hydrogens (tertiary/aromatic N) is 4. The SMILES string of the molecule is NCCN1CCN(c2cc(-c3ccccc3O)nnc2N)CC1. The fourth-order valence-corrected chi connectivity index (χ4v) is 2.86. The van der Waals surface area contributed by atoms with Crippen molar-refractivity contribution in [3.8, 4) is 17.0 Å². The van der Waals surface area contributed by atoms with Gasteiger partial charge in [0.1, 0.15) is 5.75 Å². The zero-order valence-corrected chi connectivity index (χ0v) is 13.0. The summed E-state index contributed by atoms with van der Waals surface area (Å²) in [7, 11) is 0. The molecule has 2 heterocycles. The van der Waals surface area contributed by atoms with Gasteiger partial charge in [0.2, 0.25) is 0 Å². The zero-order valence-electron chi connectivity index (χ0n) is 13.0. The van der Waals surface area contributed by atoms with Crippen LogP contribution in [0.2, 0.25) is 0 Å². The van der Waals surface area contributed by atoms with Gasteiger partial charge in [-0.3, -0.25) is 4.90 Å². The van der Waals surface area contributed by atoms with E-state index in [2.05, 4.69) is 20.0 Å². The molecule has 0 amide bonds. The lowest BCUT2D eigenvalue weighted by molar-refractivity contribution is 0.265. The monoisotopic (exact) mass is 314 g/mol. The molecule has 2 aromatic rings. The quantitative estimate of drug-likeness (QED) is 0.755. The van der Waals surface area contributed by atoms with E-state index < -0.39 is 0 Å². The molecule has 0 unspecified atom stereocenters. The van der Waals surface area contributed by atoms with E-state index in [9.17, 15) is 5.11 Å². The van der Waals surface area contributed by atoms with Gasteiger partial charge in [-0.2, -0.15) is 0 Å². The van der Waals surface area contributed by atoms with E-state index in [0.29, 0.717) is 23.6 Å². The van der Waals surface area contributed by atoms with Crippen LogP contribution in [0.15, 0.2) is 30.3 Å². The molecule has 5 N–H and O–H groups in total. The van der Waals surface area contributed by atoms with Crippen LogP contribution in [0.5, 0.6) is 5.75 Å². The van der Waals surface area contributed by atoms with Crippen LogP contribution < -0.4 is 16.4 Å². The van der Waals surface area contributed by atoms with E-state index in [-0.39, 0.29) is 5.75 Å². The second-order valence-electron chi connectivity index (χ2n) is 5.63. The van der Waals surface area contributed by atoms with Crippen LogP contribution in [0, 0.1) is 0 Å². The van der Waals surface area contributed by atoms with Crippen molar-refractivity contribution in [1.29, 1.82) is 0 Å². The first-order chi connectivity index (χ1) is 11.2. The minimum atomic E-state index is 0.185. The highest BCUT2D eigenvalue weighted by atomic mass is 16.3. The molecule has 1 aromatic heterocycles. The van der Waals surface area contributed by atoms with Crippen LogP contribution >= 0.6 is 0 Å². The maximum Gasteiger partial charge on any atom is 0.169 e. The lowest BCUT2D eigenvalue weighted by Crippen LogP contribution is -2.48. The molecular weight excluding hydrogens is 292 g/mol. The van der Waals surface area contributed by atoms with Crippen molar-refractivity contribution >= 4 is 11.5 Å². The highest BCUT2D eigenvalue weighted by Crippen LogP contribution is 2.31. The van der Waals surface area contributed by atoms with E-state index in [4.69, 9.17) is 11.5 Å². The number of piperazine rings is 1. The van der Waals surface area contributed by atoms with Crippen molar-refractivity contribution in [2.75, 3.05) is 49.9 Å². The first kappa shape index (κ1) is 15.5. The predicted molar refractivity (Wildman–Crippen MR) is 91.3 cm³/mol. The average Bonchev–Trinajstić information content (AvgIpc) is 2.57. The Morgan fingerprint density at radius 2 is 1.83 bits per heavy atom. The molecule has 1 aromatic carbocycles. The number of hydrogen-bond acceptors (Lipinski definition) is 7. The van der Waals surface area contributed by atoms with Crippen LogP contribution in [-0.2, 0) is 0 Å². The van der Waals surface area contributed by atoms with Gasteiger partial charge in [0, 0.05) is 44.8 Å². The van der Waals surface area contributed by atoms with Crippen molar-refractivity contribution in [1.82, 2.24) is 15.1 Å². The highest BCUT2D eigenvalue weighted by Gasteiger charge is 2.20. The van der Waals surface area contributed by atoms with Gasteiger partial charge >= 0.3 is 0 Å². The maximum absolute atomic E-state index is 10.00. The van der Waals surface area contributed by atoms with Crippen molar-refractivity contribution in [2.24, 2.45) is 5.73 Å². The molecule has 0 spiro atoms. The van der Waals surface area contributed by atoms with Gasteiger partial charge in [0.15, 0.2) is 5.82 Å². The number of phenols is 1. The summed E-state index contributed by atoms with van der Waals surface area (Å²) in [6.45, 7) is 5.24. The van der Waals surface area contributed by atoms with Crippen molar-refractivity contribution in [3.05, 3.63) is 30.3 Å². The van der Waals surface area contributed by atoms with Crippen molar-refractivity contribution in [3.63, 3.8) is 0 Å². The second-order valence-corrected chi connectivity index (χ2v) is 5.63. The highest BCUT2D eigenvalue weighted by molar-refractivity contribution is 5.74. The molecule has 1 fully saturated rings. The molecule has 0 atom stereocenters. The molecule has 0 radical (unpaired) electrons. The number of anilines is 2. The number of nitrogens with two attached hydrogens (primary N) is 2. The number of benzene rings is 1. The molecule has 1 aliphatic rings. The molecule has 1 aliphatic heterocycles. The first-order valence-electron chi connectivity index (χ1n) is 7.78. The van der Waals surface area contributed by atoms with Gasteiger partial charge in [-0.25, -0.2) is 0 Å². The number of nitrogen functional groups attached to an aromatic ring is 1. The Hall–Kier alpha value is -2.38. The van der Waals surface area contributed by atoms with Crippen LogP contribution in [0.25, 0.3) is 11.3 Å². The fourth-order valence-electron chi connectivity index (χ4n) is 2.86. The number of rotatable bonds is 4. The molecule has 3 rings (SSSR count). The van der Waals surface area contributed by atoms with E-state index in [1.165, 1.54) is 0 Å². The normalized spacial score (nSPS) is 15.8. The van der Waals surface area contributed by atoms with E-state index >= 15 is 0 Å². The third kappa shape index (κ3) is 3.35. The molecule has 7 heteroatoms. The van der Waals surface area contributed by atoms with Crippen LogP contribution in [-0.4, -0.2) is 59.5 Å². The summed E-state index contributed by atoms with van der Waals surface area (Å²) >= 11 is 0. The van der Waals surface area contributed by atoms with Crippen molar-refractivity contribution in [2.45, 2.75) is 0 Å². The Morgan fingerprint density at radius 1 is 1.09 bits per heavy atom. The Bertz CT molecular complexity index is 669.